The van der Waals surface area contributed by atoms with Crippen LogP contribution in [0.4, 0.5) is 18.0 Å². The van der Waals surface area contributed by atoms with Gasteiger partial charge in [-0.1, -0.05) is 12.1 Å². The third-order valence-corrected chi connectivity index (χ3v) is 7.81. The van der Waals surface area contributed by atoms with Crippen LogP contribution < -0.4 is 5.32 Å². The number of carbonyl (C=O) groups is 2. The SMILES string of the molecule is CC(C)(/C=C(\C#N)C(=O)N1C[C@@H]2C[C@@H]2[C@@H]1COC(=O)N[C@@H](Cc1ccc(F)cc1)B(O)O)N1CCC(F)(F)C1. The summed E-state index contributed by atoms with van der Waals surface area (Å²) in [5.41, 5.74) is -0.534. The van der Waals surface area contributed by atoms with Crippen LogP contribution in [-0.4, -0.2) is 88.7 Å². The standard InChI is InChI=1S/C26H32BF3N4O5/c1-25(2,33-8-7-26(29,30)15-33)11-18(12-31)23(35)34-13-17-10-20(17)21(34)14-39-24(36)32-22(27(37)38)9-16-3-5-19(28)6-4-16/h3-6,11,17,20-22,37-38H,7-10,13-15H2,1-2H3,(H,32,36)/b18-11+/t17-,20-,21-,22-/m0/s1. The van der Waals surface area contributed by atoms with Gasteiger partial charge in [0.15, 0.2) is 0 Å². The number of benzene rings is 1. The molecular formula is C26H32BF3N4O5. The Morgan fingerprint density at radius 3 is 2.62 bits per heavy atom. The van der Waals surface area contributed by atoms with Crippen molar-refractivity contribution in [1.29, 1.82) is 5.26 Å². The fourth-order valence-electron chi connectivity index (χ4n) is 5.45. The van der Waals surface area contributed by atoms with E-state index in [1.54, 1.807) is 18.7 Å². The monoisotopic (exact) mass is 548 g/mol. The summed E-state index contributed by atoms with van der Waals surface area (Å²) >= 11 is 0. The number of nitrogens with zero attached hydrogens (tertiary/aromatic N) is 3. The van der Waals surface area contributed by atoms with Crippen LogP contribution in [0, 0.1) is 29.0 Å². The summed E-state index contributed by atoms with van der Waals surface area (Å²) in [5, 5.41) is 31.5. The van der Waals surface area contributed by atoms with Gasteiger partial charge in [0.2, 0.25) is 0 Å². The normalized spacial score (nSPS) is 25.0. The van der Waals surface area contributed by atoms with Gasteiger partial charge in [-0.05, 0) is 62.3 Å². The zero-order valence-corrected chi connectivity index (χ0v) is 21.8. The van der Waals surface area contributed by atoms with E-state index in [1.165, 1.54) is 35.2 Å². The van der Waals surface area contributed by atoms with Crippen LogP contribution in [0.15, 0.2) is 35.9 Å². The zero-order chi connectivity index (χ0) is 28.5. The Kier molecular flexibility index (Phi) is 8.30. The molecule has 2 heterocycles. The molecule has 3 fully saturated rings. The molecule has 1 saturated carbocycles. The fraction of sp³-hybridized carbons (Fsp3) is 0.577. The van der Waals surface area contributed by atoms with Gasteiger partial charge in [-0.15, -0.1) is 0 Å². The van der Waals surface area contributed by atoms with Crippen molar-refractivity contribution in [2.45, 2.75) is 56.6 Å². The fourth-order valence-corrected chi connectivity index (χ4v) is 5.45. The maximum atomic E-state index is 13.8. The predicted octanol–water partition coefficient (Wildman–Crippen LogP) is 1.89. The largest absolute Gasteiger partial charge is 0.475 e. The molecule has 210 valence electrons. The maximum Gasteiger partial charge on any atom is 0.475 e. The minimum atomic E-state index is -2.81. The lowest BCUT2D eigenvalue weighted by molar-refractivity contribution is -0.129. The number of hydrogen-bond acceptors (Lipinski definition) is 7. The first kappa shape index (κ1) is 28.9. The zero-order valence-electron chi connectivity index (χ0n) is 21.8. The second-order valence-corrected chi connectivity index (χ2v) is 11.1. The smallest absolute Gasteiger partial charge is 0.447 e. The third-order valence-electron chi connectivity index (χ3n) is 7.81. The lowest BCUT2D eigenvalue weighted by Gasteiger charge is -2.33. The quantitative estimate of drug-likeness (QED) is 0.245. The van der Waals surface area contributed by atoms with Gasteiger partial charge in [0.1, 0.15) is 24.1 Å². The van der Waals surface area contributed by atoms with Gasteiger partial charge < -0.3 is 25.0 Å². The highest BCUT2D eigenvalue weighted by Crippen LogP contribution is 2.50. The average Bonchev–Trinajstić information content (AvgIpc) is 3.39. The third kappa shape index (κ3) is 6.93. The summed E-state index contributed by atoms with van der Waals surface area (Å²) in [7, 11) is -1.90. The van der Waals surface area contributed by atoms with Crippen LogP contribution in [0.5, 0.6) is 0 Å². The second-order valence-electron chi connectivity index (χ2n) is 11.1. The molecule has 2 amide bonds. The molecule has 4 rings (SSSR count). The van der Waals surface area contributed by atoms with Gasteiger partial charge in [-0.2, -0.15) is 5.26 Å². The number of nitrogens with one attached hydrogen (secondary N) is 1. The van der Waals surface area contributed by atoms with Gasteiger partial charge in [-0.25, -0.2) is 18.0 Å². The Balaban J connectivity index is 1.37. The van der Waals surface area contributed by atoms with E-state index in [0.29, 0.717) is 12.1 Å². The van der Waals surface area contributed by atoms with Crippen molar-refractivity contribution in [3.63, 3.8) is 0 Å². The predicted molar refractivity (Wildman–Crippen MR) is 135 cm³/mol. The van der Waals surface area contributed by atoms with E-state index in [2.05, 4.69) is 5.32 Å². The highest BCUT2D eigenvalue weighted by atomic mass is 19.3. The average molecular weight is 548 g/mol. The number of ether oxygens (including phenoxy) is 1. The summed E-state index contributed by atoms with van der Waals surface area (Å²) in [6.45, 7) is 3.29. The second kappa shape index (κ2) is 11.2. The number of fused-ring (bicyclic) bond motifs is 1. The lowest BCUT2D eigenvalue weighted by atomic mass is 9.76. The molecule has 13 heteroatoms. The van der Waals surface area contributed by atoms with Crippen molar-refractivity contribution in [1.82, 2.24) is 15.1 Å². The number of likely N-dealkylation sites (tertiary alicyclic amines) is 2. The summed E-state index contributed by atoms with van der Waals surface area (Å²) in [4.78, 5) is 28.9. The first-order chi connectivity index (χ1) is 18.3. The van der Waals surface area contributed by atoms with E-state index in [1.807, 2.05) is 6.07 Å². The minimum Gasteiger partial charge on any atom is -0.447 e. The number of piperidine rings is 1. The Morgan fingerprint density at radius 1 is 1.33 bits per heavy atom. The number of carbonyl (C=O) groups excluding carboxylic acids is 2. The Bertz CT molecular complexity index is 1160. The van der Waals surface area contributed by atoms with Gasteiger partial charge in [-0.3, -0.25) is 9.69 Å². The van der Waals surface area contributed by atoms with Gasteiger partial charge in [0.05, 0.1) is 18.5 Å². The van der Waals surface area contributed by atoms with E-state index in [-0.39, 0.29) is 43.4 Å². The molecule has 0 radical (unpaired) electrons. The molecule has 0 bridgehead atoms. The van der Waals surface area contributed by atoms with Gasteiger partial charge in [0, 0.05) is 25.0 Å². The van der Waals surface area contributed by atoms with Crippen LogP contribution in [0.1, 0.15) is 32.3 Å². The molecular weight excluding hydrogens is 516 g/mol. The number of hydrogen-bond donors (Lipinski definition) is 3. The molecule has 2 aliphatic heterocycles. The van der Waals surface area contributed by atoms with E-state index < -0.39 is 54.9 Å². The van der Waals surface area contributed by atoms with Crippen LogP contribution in [0.3, 0.4) is 0 Å². The summed E-state index contributed by atoms with van der Waals surface area (Å²) in [5.74, 6) is -4.60. The van der Waals surface area contributed by atoms with Crippen LogP contribution in [0.2, 0.25) is 0 Å². The van der Waals surface area contributed by atoms with Crippen molar-refractivity contribution in [3.8, 4) is 6.07 Å². The summed E-state index contributed by atoms with van der Waals surface area (Å²) in [6.07, 6.45) is 1.09. The number of alkyl halides is 2. The number of nitriles is 1. The summed E-state index contributed by atoms with van der Waals surface area (Å²) in [6, 6.07) is 6.81. The number of alkyl carbamates (subject to hydrolysis) is 1. The van der Waals surface area contributed by atoms with Crippen molar-refractivity contribution in [2.24, 2.45) is 11.8 Å². The molecule has 3 N–H and O–H groups in total. The molecule has 1 aromatic rings. The van der Waals surface area contributed by atoms with E-state index in [9.17, 15) is 38.1 Å². The summed E-state index contributed by atoms with van der Waals surface area (Å²) < 4.78 is 46.0. The Hall–Kier alpha value is -3.08. The van der Waals surface area contributed by atoms with Gasteiger partial charge in [0.25, 0.3) is 11.8 Å². The molecule has 3 aliphatic rings. The molecule has 0 spiro atoms. The number of rotatable bonds is 9. The van der Waals surface area contributed by atoms with E-state index in [0.717, 1.165) is 6.42 Å². The van der Waals surface area contributed by atoms with Crippen LogP contribution in [-0.2, 0) is 16.0 Å². The molecule has 1 aromatic carbocycles. The highest BCUT2D eigenvalue weighted by Gasteiger charge is 2.55. The topological polar surface area (TPSA) is 126 Å². The first-order valence-corrected chi connectivity index (χ1v) is 12.9. The van der Waals surface area contributed by atoms with Crippen molar-refractivity contribution in [2.75, 3.05) is 26.2 Å². The lowest BCUT2D eigenvalue weighted by Crippen LogP contribution is -2.49. The first-order valence-electron chi connectivity index (χ1n) is 12.9. The van der Waals surface area contributed by atoms with Crippen LogP contribution >= 0.6 is 0 Å². The van der Waals surface area contributed by atoms with E-state index >= 15 is 0 Å². The Labute approximate surface area is 225 Å². The Morgan fingerprint density at radius 2 is 2.03 bits per heavy atom. The molecule has 39 heavy (non-hydrogen) atoms. The van der Waals surface area contributed by atoms with Crippen molar-refractivity contribution in [3.05, 3.63) is 47.3 Å². The van der Waals surface area contributed by atoms with E-state index in [4.69, 9.17) is 4.74 Å². The van der Waals surface area contributed by atoms with Crippen molar-refractivity contribution < 1.29 is 37.5 Å². The minimum absolute atomic E-state index is 0.0147. The van der Waals surface area contributed by atoms with Crippen LogP contribution in [0.25, 0.3) is 0 Å². The number of halogens is 3. The molecule has 4 atom stereocenters. The van der Waals surface area contributed by atoms with Crippen molar-refractivity contribution >= 4 is 19.1 Å². The van der Waals surface area contributed by atoms with Gasteiger partial charge >= 0.3 is 13.2 Å². The molecule has 0 unspecified atom stereocenters. The number of amides is 2. The maximum absolute atomic E-state index is 13.8. The highest BCUT2D eigenvalue weighted by molar-refractivity contribution is 6.43. The molecule has 0 aromatic heterocycles. The molecule has 1 aliphatic carbocycles. The molecule has 2 saturated heterocycles. The molecule has 9 nitrogen and oxygen atoms in total.